The van der Waals surface area contributed by atoms with Crippen LogP contribution in [0.2, 0.25) is 5.02 Å². The first kappa shape index (κ1) is 20.6. The number of para-hydroxylation sites is 1. The van der Waals surface area contributed by atoms with Gasteiger partial charge in [0.1, 0.15) is 16.6 Å². The number of hydrogen-bond donors (Lipinski definition) is 0. The molecule has 7 nitrogen and oxygen atoms in total. The second kappa shape index (κ2) is 8.63. The van der Waals surface area contributed by atoms with Crippen LogP contribution in [0.4, 0.5) is 5.69 Å². The van der Waals surface area contributed by atoms with E-state index in [0.717, 1.165) is 16.3 Å². The zero-order valence-electron chi connectivity index (χ0n) is 15.8. The number of thiazole rings is 1. The average molecular weight is 453 g/mol. The van der Waals surface area contributed by atoms with Gasteiger partial charge in [0, 0.05) is 17.2 Å². The minimum atomic E-state index is -0.688. The van der Waals surface area contributed by atoms with E-state index in [1.807, 2.05) is 24.3 Å². The Balaban J connectivity index is 1.57. The zero-order chi connectivity index (χ0) is 22.0. The molecule has 0 N–H and O–H groups in total. The lowest BCUT2D eigenvalue weighted by atomic mass is 9.98. The normalized spacial score (nSPS) is 10.7. The van der Waals surface area contributed by atoms with Gasteiger partial charge in [-0.05, 0) is 30.3 Å². The van der Waals surface area contributed by atoms with Gasteiger partial charge in [-0.3, -0.25) is 14.9 Å². The van der Waals surface area contributed by atoms with Gasteiger partial charge in [0.15, 0.2) is 5.78 Å². The fourth-order valence-corrected chi connectivity index (χ4v) is 4.06. The summed E-state index contributed by atoms with van der Waals surface area (Å²) >= 11 is 7.24. The van der Waals surface area contributed by atoms with Crippen molar-refractivity contribution in [1.29, 1.82) is 0 Å². The summed E-state index contributed by atoms with van der Waals surface area (Å²) < 4.78 is 6.36. The SMILES string of the molecule is O=C(OCc1nc2ccccc2s1)c1ccccc1C(=O)c1ccc(Cl)c([N+](=O)[O-])c1. The molecule has 0 aliphatic rings. The summed E-state index contributed by atoms with van der Waals surface area (Å²) in [6, 6.07) is 17.5. The number of hydrogen-bond acceptors (Lipinski definition) is 7. The fourth-order valence-electron chi connectivity index (χ4n) is 3.00. The maximum absolute atomic E-state index is 13.0. The van der Waals surface area contributed by atoms with Gasteiger partial charge in [-0.25, -0.2) is 9.78 Å². The number of halogens is 1. The van der Waals surface area contributed by atoms with Crippen LogP contribution >= 0.6 is 22.9 Å². The summed E-state index contributed by atoms with van der Waals surface area (Å²) in [6.07, 6.45) is 0. The molecule has 4 rings (SSSR count). The largest absolute Gasteiger partial charge is 0.455 e. The zero-order valence-corrected chi connectivity index (χ0v) is 17.4. The van der Waals surface area contributed by atoms with Gasteiger partial charge in [0.25, 0.3) is 5.69 Å². The molecular formula is C22H13ClN2O5S. The highest BCUT2D eigenvalue weighted by atomic mass is 35.5. The van der Waals surface area contributed by atoms with E-state index >= 15 is 0 Å². The van der Waals surface area contributed by atoms with Gasteiger partial charge in [-0.15, -0.1) is 11.3 Å². The minimum Gasteiger partial charge on any atom is -0.455 e. The highest BCUT2D eigenvalue weighted by Crippen LogP contribution is 2.27. The van der Waals surface area contributed by atoms with Crippen LogP contribution in [0.1, 0.15) is 31.3 Å². The van der Waals surface area contributed by atoms with Crippen LogP contribution in [-0.4, -0.2) is 21.7 Å². The van der Waals surface area contributed by atoms with Crippen molar-refractivity contribution in [1.82, 2.24) is 4.98 Å². The molecule has 0 aliphatic carbocycles. The van der Waals surface area contributed by atoms with E-state index in [1.54, 1.807) is 12.1 Å². The van der Waals surface area contributed by atoms with E-state index in [9.17, 15) is 19.7 Å². The van der Waals surface area contributed by atoms with E-state index in [4.69, 9.17) is 16.3 Å². The van der Waals surface area contributed by atoms with Crippen molar-refractivity contribution >= 4 is 50.6 Å². The molecule has 154 valence electrons. The first-order chi connectivity index (χ1) is 14.9. The molecule has 9 heteroatoms. The highest BCUT2D eigenvalue weighted by molar-refractivity contribution is 7.18. The van der Waals surface area contributed by atoms with Gasteiger partial charge in [0.05, 0.1) is 20.7 Å². The van der Waals surface area contributed by atoms with Gasteiger partial charge in [-0.2, -0.15) is 0 Å². The van der Waals surface area contributed by atoms with E-state index in [1.165, 1.54) is 35.6 Å². The van der Waals surface area contributed by atoms with Crippen molar-refractivity contribution in [2.45, 2.75) is 6.61 Å². The van der Waals surface area contributed by atoms with Gasteiger partial charge >= 0.3 is 5.97 Å². The maximum atomic E-state index is 13.0. The average Bonchev–Trinajstić information content (AvgIpc) is 3.20. The van der Waals surface area contributed by atoms with E-state index < -0.39 is 16.7 Å². The lowest BCUT2D eigenvalue weighted by Gasteiger charge is -2.09. The van der Waals surface area contributed by atoms with Crippen LogP contribution in [0.3, 0.4) is 0 Å². The van der Waals surface area contributed by atoms with Crippen molar-refractivity contribution in [3.8, 4) is 0 Å². The summed E-state index contributed by atoms with van der Waals surface area (Å²) in [5.41, 5.74) is 0.615. The number of carbonyl (C=O) groups excluding carboxylic acids is 2. The third kappa shape index (κ3) is 4.30. The number of carbonyl (C=O) groups is 2. The summed E-state index contributed by atoms with van der Waals surface area (Å²) in [5, 5.41) is 11.7. The topological polar surface area (TPSA) is 99.4 Å². The lowest BCUT2D eigenvalue weighted by Crippen LogP contribution is -2.13. The smallest absolute Gasteiger partial charge is 0.339 e. The Labute approximate surface area is 185 Å². The van der Waals surface area contributed by atoms with Crippen molar-refractivity contribution < 1.29 is 19.2 Å². The molecule has 1 aromatic heterocycles. The molecule has 1 heterocycles. The second-order valence-electron chi connectivity index (χ2n) is 6.45. The number of esters is 1. The number of fused-ring (bicyclic) bond motifs is 1. The van der Waals surface area contributed by atoms with E-state index in [2.05, 4.69) is 4.98 Å². The van der Waals surface area contributed by atoms with Crippen LogP contribution in [0.5, 0.6) is 0 Å². The van der Waals surface area contributed by atoms with Crippen LogP contribution in [0.25, 0.3) is 10.2 Å². The second-order valence-corrected chi connectivity index (χ2v) is 7.97. The molecule has 0 bridgehead atoms. The van der Waals surface area contributed by atoms with Crippen molar-refractivity contribution in [2.24, 2.45) is 0 Å². The molecule has 31 heavy (non-hydrogen) atoms. The molecule has 0 spiro atoms. The molecule has 0 aliphatic heterocycles. The standard InChI is InChI=1S/C22H13ClN2O5S/c23-16-10-9-13(11-18(16)25(28)29)21(26)14-5-1-2-6-15(14)22(27)30-12-20-24-17-7-3-4-8-19(17)31-20/h1-11H,12H2. The molecule has 3 aromatic carbocycles. The maximum Gasteiger partial charge on any atom is 0.339 e. The highest BCUT2D eigenvalue weighted by Gasteiger charge is 2.22. The molecule has 0 saturated heterocycles. The fraction of sp³-hybridized carbons (Fsp3) is 0.0455. The Kier molecular flexibility index (Phi) is 5.75. The first-order valence-corrected chi connectivity index (χ1v) is 10.2. The Morgan fingerprint density at radius 1 is 1.03 bits per heavy atom. The van der Waals surface area contributed by atoms with Crippen molar-refractivity contribution in [3.63, 3.8) is 0 Å². The van der Waals surface area contributed by atoms with Crippen molar-refractivity contribution in [3.05, 3.63) is 104 Å². The molecule has 0 unspecified atom stereocenters. The Morgan fingerprint density at radius 2 is 1.74 bits per heavy atom. The van der Waals surface area contributed by atoms with E-state index in [-0.39, 0.29) is 34.0 Å². The van der Waals surface area contributed by atoms with Crippen molar-refractivity contribution in [2.75, 3.05) is 0 Å². The summed E-state index contributed by atoms with van der Waals surface area (Å²) in [7, 11) is 0. The number of ketones is 1. The Bertz CT molecular complexity index is 1300. The minimum absolute atomic E-state index is 0.0346. The Morgan fingerprint density at radius 3 is 2.48 bits per heavy atom. The summed E-state index contributed by atoms with van der Waals surface area (Å²) in [5.74, 6) is -1.24. The molecule has 0 fully saturated rings. The third-order valence-corrected chi connectivity index (χ3v) is 5.79. The van der Waals surface area contributed by atoms with Gasteiger partial charge < -0.3 is 4.74 Å². The van der Waals surface area contributed by atoms with Gasteiger partial charge in [-0.1, -0.05) is 41.9 Å². The van der Waals surface area contributed by atoms with Crippen LogP contribution in [-0.2, 0) is 11.3 Å². The predicted octanol–water partition coefficient (Wildman–Crippen LogP) is 5.45. The van der Waals surface area contributed by atoms with Gasteiger partial charge in [0.2, 0.25) is 0 Å². The first-order valence-electron chi connectivity index (χ1n) is 9.03. The number of nitro benzene ring substituents is 1. The molecule has 0 amide bonds. The number of nitrogens with zero attached hydrogens (tertiary/aromatic N) is 2. The van der Waals surface area contributed by atoms with Crippen LogP contribution < -0.4 is 0 Å². The number of rotatable bonds is 6. The quantitative estimate of drug-likeness (QED) is 0.167. The molecule has 0 atom stereocenters. The number of benzene rings is 3. The third-order valence-electron chi connectivity index (χ3n) is 4.46. The van der Waals surface area contributed by atoms with Crippen LogP contribution in [0.15, 0.2) is 66.7 Å². The monoisotopic (exact) mass is 452 g/mol. The Hall–Kier alpha value is -3.62. The molecule has 0 saturated carbocycles. The summed E-state index contributed by atoms with van der Waals surface area (Å²) in [6.45, 7) is -0.0346. The lowest BCUT2D eigenvalue weighted by molar-refractivity contribution is -0.384. The number of nitro groups is 1. The number of ether oxygens (including phenoxy) is 1. The molecular weight excluding hydrogens is 440 g/mol. The molecule has 4 aromatic rings. The van der Waals surface area contributed by atoms with E-state index in [0.29, 0.717) is 5.01 Å². The predicted molar refractivity (Wildman–Crippen MR) is 117 cm³/mol. The summed E-state index contributed by atoms with van der Waals surface area (Å²) in [4.78, 5) is 40.5. The number of aromatic nitrogens is 1. The molecule has 0 radical (unpaired) electrons. The van der Waals surface area contributed by atoms with Crippen LogP contribution in [0, 0.1) is 10.1 Å².